The summed E-state index contributed by atoms with van der Waals surface area (Å²) in [5.74, 6) is 1.76. The normalized spacial score (nSPS) is 19.4. The average Bonchev–Trinajstić information content (AvgIpc) is 3.43. The third kappa shape index (κ3) is 7.11. The maximum atomic E-state index is 4.29. The number of nitrogens with one attached hydrogen (secondary N) is 2. The number of hydrogen-bond donors (Lipinski definition) is 2. The van der Waals surface area contributed by atoms with Gasteiger partial charge < -0.3 is 15.5 Å². The Morgan fingerprint density at radius 1 is 1.04 bits per heavy atom. The summed E-state index contributed by atoms with van der Waals surface area (Å²) in [6, 6.07) is 8.98. The highest BCUT2D eigenvalue weighted by molar-refractivity contribution is 14.0. The second kappa shape index (κ2) is 10.3. The zero-order valence-corrected chi connectivity index (χ0v) is 17.8. The molecule has 1 saturated heterocycles. The predicted molar refractivity (Wildman–Crippen MR) is 116 cm³/mol. The molecule has 0 atom stereocenters. The fourth-order valence-corrected chi connectivity index (χ4v) is 3.00. The van der Waals surface area contributed by atoms with Crippen LogP contribution in [-0.4, -0.2) is 62.6 Å². The van der Waals surface area contributed by atoms with Gasteiger partial charge in [-0.3, -0.25) is 9.89 Å². The van der Waals surface area contributed by atoms with E-state index in [4.69, 9.17) is 0 Å². The summed E-state index contributed by atoms with van der Waals surface area (Å²) >= 11 is 0. The first-order valence-corrected chi connectivity index (χ1v) is 9.16. The smallest absolute Gasteiger partial charge is 0.191 e. The quantitative estimate of drug-likeness (QED) is 0.390. The zero-order valence-electron chi connectivity index (χ0n) is 15.5. The number of benzene rings is 1. The average molecular weight is 457 g/mol. The molecule has 1 aliphatic heterocycles. The van der Waals surface area contributed by atoms with E-state index in [0.717, 1.165) is 31.5 Å². The third-order valence-electron chi connectivity index (χ3n) is 4.96. The van der Waals surface area contributed by atoms with E-state index in [1.807, 2.05) is 7.05 Å². The lowest BCUT2D eigenvalue weighted by Gasteiger charge is -2.32. The summed E-state index contributed by atoms with van der Waals surface area (Å²) < 4.78 is 0. The summed E-state index contributed by atoms with van der Waals surface area (Å²) in [6.07, 6.45) is 2.72. The van der Waals surface area contributed by atoms with Crippen LogP contribution < -0.4 is 10.6 Å². The number of likely N-dealkylation sites (N-methyl/N-ethyl adjacent to an activating group) is 1. The van der Waals surface area contributed by atoms with E-state index in [-0.39, 0.29) is 24.0 Å². The van der Waals surface area contributed by atoms with Crippen LogP contribution in [0.2, 0.25) is 0 Å². The van der Waals surface area contributed by atoms with Gasteiger partial charge in [0.1, 0.15) is 0 Å². The molecule has 2 N–H and O–H groups in total. The number of piperazine rings is 1. The van der Waals surface area contributed by atoms with Crippen molar-refractivity contribution in [1.29, 1.82) is 0 Å². The highest BCUT2D eigenvalue weighted by Gasteiger charge is 2.21. The molecule has 1 saturated carbocycles. The van der Waals surface area contributed by atoms with E-state index >= 15 is 0 Å². The molecular weight excluding hydrogens is 425 g/mol. The molecule has 140 valence electrons. The molecule has 0 unspecified atom stereocenters. The van der Waals surface area contributed by atoms with Crippen LogP contribution in [-0.2, 0) is 13.1 Å². The van der Waals surface area contributed by atoms with Crippen molar-refractivity contribution in [2.24, 2.45) is 10.9 Å². The fourth-order valence-electron chi connectivity index (χ4n) is 3.00. The van der Waals surface area contributed by atoms with Crippen LogP contribution in [0.3, 0.4) is 0 Å². The Bertz CT molecular complexity index is 533. The van der Waals surface area contributed by atoms with E-state index in [0.29, 0.717) is 0 Å². The van der Waals surface area contributed by atoms with E-state index in [9.17, 15) is 0 Å². The minimum absolute atomic E-state index is 0. The molecule has 6 heteroatoms. The Morgan fingerprint density at radius 3 is 2.28 bits per heavy atom. The maximum Gasteiger partial charge on any atom is 0.191 e. The van der Waals surface area contributed by atoms with Gasteiger partial charge >= 0.3 is 0 Å². The second-order valence-corrected chi connectivity index (χ2v) is 7.15. The van der Waals surface area contributed by atoms with Crippen molar-refractivity contribution in [3.8, 4) is 0 Å². The van der Waals surface area contributed by atoms with E-state index < -0.39 is 0 Å². The molecule has 1 heterocycles. The van der Waals surface area contributed by atoms with Crippen LogP contribution in [0.4, 0.5) is 0 Å². The first-order valence-electron chi connectivity index (χ1n) is 9.16. The summed E-state index contributed by atoms with van der Waals surface area (Å²) in [5.41, 5.74) is 2.70. The summed E-state index contributed by atoms with van der Waals surface area (Å²) in [4.78, 5) is 9.22. The number of hydrogen-bond acceptors (Lipinski definition) is 3. The molecule has 1 aromatic carbocycles. The molecule has 25 heavy (non-hydrogen) atoms. The Morgan fingerprint density at radius 2 is 1.68 bits per heavy atom. The van der Waals surface area contributed by atoms with Gasteiger partial charge in [0.05, 0.1) is 0 Å². The predicted octanol–water partition coefficient (Wildman–Crippen LogP) is 2.13. The molecule has 1 aromatic rings. The molecule has 2 aliphatic rings. The highest BCUT2D eigenvalue weighted by atomic mass is 127. The molecule has 5 nitrogen and oxygen atoms in total. The van der Waals surface area contributed by atoms with Gasteiger partial charge in [-0.25, -0.2) is 0 Å². The van der Waals surface area contributed by atoms with Crippen molar-refractivity contribution < 1.29 is 0 Å². The topological polar surface area (TPSA) is 42.9 Å². The largest absolute Gasteiger partial charge is 0.356 e. The molecule has 0 aromatic heterocycles. The first kappa shape index (κ1) is 20.5. The lowest BCUT2D eigenvalue weighted by Crippen LogP contribution is -2.43. The highest BCUT2D eigenvalue weighted by Crippen LogP contribution is 2.27. The lowest BCUT2D eigenvalue weighted by atomic mass is 10.1. The van der Waals surface area contributed by atoms with Crippen molar-refractivity contribution in [3.63, 3.8) is 0 Å². The number of aliphatic imine (C=N–C) groups is 1. The number of guanidine groups is 1. The van der Waals surface area contributed by atoms with Gasteiger partial charge in [0.25, 0.3) is 0 Å². The lowest BCUT2D eigenvalue weighted by molar-refractivity contribution is 0.148. The van der Waals surface area contributed by atoms with Crippen LogP contribution in [0.5, 0.6) is 0 Å². The summed E-state index contributed by atoms with van der Waals surface area (Å²) in [7, 11) is 4.04. The molecule has 0 bridgehead atoms. The molecule has 0 amide bonds. The molecule has 0 radical (unpaired) electrons. The van der Waals surface area contributed by atoms with Crippen LogP contribution in [0, 0.1) is 5.92 Å². The third-order valence-corrected chi connectivity index (χ3v) is 4.96. The van der Waals surface area contributed by atoms with Gasteiger partial charge in [-0.15, -0.1) is 24.0 Å². The zero-order chi connectivity index (χ0) is 16.8. The van der Waals surface area contributed by atoms with Gasteiger partial charge in [0.2, 0.25) is 0 Å². The minimum Gasteiger partial charge on any atom is -0.356 e. The monoisotopic (exact) mass is 457 g/mol. The molecule has 0 spiro atoms. The van der Waals surface area contributed by atoms with Gasteiger partial charge in [-0.1, -0.05) is 24.3 Å². The van der Waals surface area contributed by atoms with Gasteiger partial charge in [-0.2, -0.15) is 0 Å². The Balaban J connectivity index is 0.00000225. The Kier molecular flexibility index (Phi) is 8.45. The Labute approximate surface area is 169 Å². The summed E-state index contributed by atoms with van der Waals surface area (Å²) in [5, 5.41) is 6.80. The van der Waals surface area contributed by atoms with Crippen LogP contribution >= 0.6 is 24.0 Å². The SMILES string of the molecule is CN=C(NCc1ccc(CN2CCN(C)CC2)cc1)NCC1CC1.I. The van der Waals surface area contributed by atoms with Gasteiger partial charge in [-0.05, 0) is 36.9 Å². The van der Waals surface area contributed by atoms with E-state index in [1.165, 1.54) is 50.1 Å². The van der Waals surface area contributed by atoms with Crippen LogP contribution in [0.25, 0.3) is 0 Å². The molecule has 3 rings (SSSR count). The van der Waals surface area contributed by atoms with E-state index in [2.05, 4.69) is 56.7 Å². The number of halogens is 1. The van der Waals surface area contributed by atoms with Crippen molar-refractivity contribution in [3.05, 3.63) is 35.4 Å². The van der Waals surface area contributed by atoms with E-state index in [1.54, 1.807) is 0 Å². The maximum absolute atomic E-state index is 4.29. The second-order valence-electron chi connectivity index (χ2n) is 7.15. The fraction of sp³-hybridized carbons (Fsp3) is 0.632. The summed E-state index contributed by atoms with van der Waals surface area (Å²) in [6.45, 7) is 7.62. The van der Waals surface area contributed by atoms with Crippen molar-refractivity contribution in [1.82, 2.24) is 20.4 Å². The van der Waals surface area contributed by atoms with Crippen molar-refractivity contribution in [2.45, 2.75) is 25.9 Å². The molecule has 2 fully saturated rings. The molecule has 1 aliphatic carbocycles. The van der Waals surface area contributed by atoms with Crippen LogP contribution in [0.15, 0.2) is 29.3 Å². The number of nitrogens with zero attached hydrogens (tertiary/aromatic N) is 3. The Hall–Kier alpha value is -0.860. The van der Waals surface area contributed by atoms with Gasteiger partial charge in [0.15, 0.2) is 5.96 Å². The first-order chi connectivity index (χ1) is 11.7. The minimum atomic E-state index is 0. The van der Waals surface area contributed by atoms with Crippen molar-refractivity contribution in [2.75, 3.05) is 46.8 Å². The number of rotatable bonds is 6. The van der Waals surface area contributed by atoms with Crippen LogP contribution in [0.1, 0.15) is 24.0 Å². The molecular formula is C19H32IN5. The van der Waals surface area contributed by atoms with Crippen molar-refractivity contribution >= 4 is 29.9 Å². The standard InChI is InChI=1S/C19H31N5.HI/c1-20-19(21-13-16-3-4-16)22-14-17-5-7-18(8-6-17)15-24-11-9-23(2)10-12-24;/h5-8,16H,3-4,9-15H2,1-2H3,(H2,20,21,22);1H. The van der Waals surface area contributed by atoms with Gasteiger partial charge in [0, 0.05) is 52.9 Å².